The van der Waals surface area contributed by atoms with E-state index in [4.69, 9.17) is 0 Å². The molecule has 3 heteroatoms. The molecule has 0 unspecified atom stereocenters. The van der Waals surface area contributed by atoms with E-state index in [0.717, 1.165) is 38.4 Å². The number of nitrogens with zero attached hydrogens (tertiary/aromatic N) is 1. The molecule has 1 amide bonds. The fraction of sp³-hybridized carbons (Fsp3) is 0.933. The van der Waals surface area contributed by atoms with E-state index in [2.05, 4.69) is 39.9 Å². The largest absolute Gasteiger partial charge is 0.342 e. The van der Waals surface area contributed by atoms with E-state index in [9.17, 15) is 4.79 Å². The first-order valence-electron chi connectivity index (χ1n) is 7.29. The summed E-state index contributed by atoms with van der Waals surface area (Å²) in [7, 11) is 0. The second-order valence-corrected chi connectivity index (χ2v) is 7.05. The van der Waals surface area contributed by atoms with Crippen LogP contribution < -0.4 is 5.32 Å². The standard InChI is InChI=1S/C15H30N2O/c1-12(2)10-16-11-14(18)17-8-6-13(7-9-17)15(3,4)5/h12-13,16H,6-11H2,1-5H3. The number of rotatable bonds is 4. The predicted octanol–water partition coefficient (Wildman–Crippen LogP) is 2.52. The quantitative estimate of drug-likeness (QED) is 0.836. The Morgan fingerprint density at radius 2 is 1.83 bits per heavy atom. The number of likely N-dealkylation sites (tertiary alicyclic amines) is 1. The highest BCUT2D eigenvalue weighted by Crippen LogP contribution is 2.34. The Labute approximate surface area is 112 Å². The van der Waals surface area contributed by atoms with Crippen molar-refractivity contribution in [1.82, 2.24) is 10.2 Å². The molecule has 1 fully saturated rings. The van der Waals surface area contributed by atoms with Crippen molar-refractivity contribution in [2.45, 2.75) is 47.5 Å². The first-order chi connectivity index (χ1) is 8.30. The van der Waals surface area contributed by atoms with Crippen molar-refractivity contribution in [2.75, 3.05) is 26.2 Å². The van der Waals surface area contributed by atoms with Gasteiger partial charge in [-0.05, 0) is 36.6 Å². The molecule has 0 spiro atoms. The van der Waals surface area contributed by atoms with E-state index in [1.165, 1.54) is 0 Å². The smallest absolute Gasteiger partial charge is 0.236 e. The minimum atomic E-state index is 0.267. The molecule has 0 aromatic carbocycles. The molecular formula is C15H30N2O. The number of nitrogens with one attached hydrogen (secondary N) is 1. The Morgan fingerprint density at radius 3 is 2.28 bits per heavy atom. The van der Waals surface area contributed by atoms with Gasteiger partial charge >= 0.3 is 0 Å². The number of piperidine rings is 1. The number of hydrogen-bond acceptors (Lipinski definition) is 2. The average molecular weight is 254 g/mol. The molecule has 0 aliphatic carbocycles. The van der Waals surface area contributed by atoms with Crippen molar-refractivity contribution in [3.63, 3.8) is 0 Å². The zero-order valence-electron chi connectivity index (χ0n) is 12.8. The summed E-state index contributed by atoms with van der Waals surface area (Å²) in [4.78, 5) is 14.0. The molecule has 1 saturated heterocycles. The Bertz CT molecular complexity index is 260. The molecule has 1 N–H and O–H groups in total. The van der Waals surface area contributed by atoms with E-state index in [0.29, 0.717) is 17.9 Å². The van der Waals surface area contributed by atoms with Crippen LogP contribution in [-0.2, 0) is 4.79 Å². The van der Waals surface area contributed by atoms with E-state index in [-0.39, 0.29) is 5.91 Å². The minimum absolute atomic E-state index is 0.267. The van der Waals surface area contributed by atoms with Gasteiger partial charge < -0.3 is 10.2 Å². The van der Waals surface area contributed by atoms with E-state index in [1.54, 1.807) is 0 Å². The van der Waals surface area contributed by atoms with Gasteiger partial charge in [0.1, 0.15) is 0 Å². The Balaban J connectivity index is 2.28. The van der Waals surface area contributed by atoms with Crippen LogP contribution in [0.2, 0.25) is 0 Å². The molecule has 3 nitrogen and oxygen atoms in total. The van der Waals surface area contributed by atoms with Gasteiger partial charge in [-0.1, -0.05) is 34.6 Å². The number of carbonyl (C=O) groups is 1. The summed E-state index contributed by atoms with van der Waals surface area (Å²) in [6.07, 6.45) is 2.30. The van der Waals surface area contributed by atoms with Crippen LogP contribution in [0, 0.1) is 17.3 Å². The number of hydrogen-bond donors (Lipinski definition) is 1. The summed E-state index contributed by atoms with van der Waals surface area (Å²) in [5.74, 6) is 1.62. The molecule has 1 rings (SSSR count). The lowest BCUT2D eigenvalue weighted by Gasteiger charge is -2.38. The maximum absolute atomic E-state index is 12.0. The summed E-state index contributed by atoms with van der Waals surface area (Å²) in [5, 5.41) is 3.23. The highest BCUT2D eigenvalue weighted by molar-refractivity contribution is 5.78. The van der Waals surface area contributed by atoms with Crippen LogP contribution in [-0.4, -0.2) is 37.0 Å². The lowest BCUT2D eigenvalue weighted by Crippen LogP contribution is -2.45. The van der Waals surface area contributed by atoms with Gasteiger partial charge in [-0.25, -0.2) is 0 Å². The van der Waals surface area contributed by atoms with Crippen LogP contribution >= 0.6 is 0 Å². The third-order valence-corrected chi connectivity index (χ3v) is 3.90. The summed E-state index contributed by atoms with van der Waals surface area (Å²) < 4.78 is 0. The van der Waals surface area contributed by atoms with Crippen molar-refractivity contribution < 1.29 is 4.79 Å². The van der Waals surface area contributed by atoms with Crippen molar-refractivity contribution >= 4 is 5.91 Å². The lowest BCUT2D eigenvalue weighted by molar-refractivity contribution is -0.132. The van der Waals surface area contributed by atoms with Crippen LogP contribution in [0.3, 0.4) is 0 Å². The summed E-state index contributed by atoms with van der Waals surface area (Å²) in [5.41, 5.74) is 0.380. The second-order valence-electron chi connectivity index (χ2n) is 7.05. The van der Waals surface area contributed by atoms with E-state index in [1.807, 2.05) is 4.90 Å². The van der Waals surface area contributed by atoms with Crippen LogP contribution in [0.25, 0.3) is 0 Å². The number of carbonyl (C=O) groups excluding carboxylic acids is 1. The summed E-state index contributed by atoms with van der Waals surface area (Å²) in [6, 6.07) is 0. The van der Waals surface area contributed by atoms with Crippen molar-refractivity contribution in [3.05, 3.63) is 0 Å². The third-order valence-electron chi connectivity index (χ3n) is 3.90. The van der Waals surface area contributed by atoms with Crippen molar-refractivity contribution in [2.24, 2.45) is 17.3 Å². The Hall–Kier alpha value is -0.570. The van der Waals surface area contributed by atoms with Gasteiger partial charge in [0.25, 0.3) is 0 Å². The zero-order chi connectivity index (χ0) is 13.8. The van der Waals surface area contributed by atoms with E-state index < -0.39 is 0 Å². The van der Waals surface area contributed by atoms with Gasteiger partial charge in [0.2, 0.25) is 5.91 Å². The molecule has 0 bridgehead atoms. The highest BCUT2D eigenvalue weighted by Gasteiger charge is 2.30. The zero-order valence-corrected chi connectivity index (χ0v) is 12.8. The van der Waals surface area contributed by atoms with Gasteiger partial charge in [-0.15, -0.1) is 0 Å². The first-order valence-corrected chi connectivity index (χ1v) is 7.29. The van der Waals surface area contributed by atoms with Gasteiger partial charge in [0, 0.05) is 13.1 Å². The molecule has 0 saturated carbocycles. The molecule has 0 atom stereocenters. The van der Waals surface area contributed by atoms with Gasteiger partial charge in [0.15, 0.2) is 0 Å². The third kappa shape index (κ3) is 4.97. The van der Waals surface area contributed by atoms with Crippen LogP contribution in [0.1, 0.15) is 47.5 Å². The monoisotopic (exact) mass is 254 g/mol. The minimum Gasteiger partial charge on any atom is -0.342 e. The maximum atomic E-state index is 12.0. The SMILES string of the molecule is CC(C)CNCC(=O)N1CCC(C(C)(C)C)CC1. The van der Waals surface area contributed by atoms with Gasteiger partial charge in [-0.3, -0.25) is 4.79 Å². The molecule has 0 aromatic rings. The fourth-order valence-corrected chi connectivity index (χ4v) is 2.57. The molecule has 106 valence electrons. The maximum Gasteiger partial charge on any atom is 0.236 e. The number of amides is 1. The van der Waals surface area contributed by atoms with Crippen LogP contribution in [0.4, 0.5) is 0 Å². The fourth-order valence-electron chi connectivity index (χ4n) is 2.57. The first kappa shape index (κ1) is 15.5. The highest BCUT2D eigenvalue weighted by atomic mass is 16.2. The molecular weight excluding hydrogens is 224 g/mol. The van der Waals surface area contributed by atoms with Crippen molar-refractivity contribution in [3.8, 4) is 0 Å². The molecule has 1 aliphatic rings. The van der Waals surface area contributed by atoms with Crippen molar-refractivity contribution in [1.29, 1.82) is 0 Å². The van der Waals surface area contributed by atoms with E-state index >= 15 is 0 Å². The van der Waals surface area contributed by atoms with Crippen LogP contribution in [0.15, 0.2) is 0 Å². The lowest BCUT2D eigenvalue weighted by atomic mass is 9.75. The second kappa shape index (κ2) is 6.55. The molecule has 18 heavy (non-hydrogen) atoms. The van der Waals surface area contributed by atoms with Crippen LogP contribution in [0.5, 0.6) is 0 Å². The Morgan fingerprint density at radius 1 is 1.28 bits per heavy atom. The molecule has 1 heterocycles. The topological polar surface area (TPSA) is 32.3 Å². The van der Waals surface area contributed by atoms with Gasteiger partial charge in [0.05, 0.1) is 6.54 Å². The summed E-state index contributed by atoms with van der Waals surface area (Å²) in [6.45, 7) is 14.5. The Kier molecular flexibility index (Phi) is 5.64. The summed E-state index contributed by atoms with van der Waals surface area (Å²) >= 11 is 0. The predicted molar refractivity (Wildman–Crippen MR) is 76.5 cm³/mol. The normalized spacial score (nSPS) is 18.4. The molecule has 1 aliphatic heterocycles. The molecule has 0 aromatic heterocycles. The average Bonchev–Trinajstić information content (AvgIpc) is 2.27. The van der Waals surface area contributed by atoms with Gasteiger partial charge in [-0.2, -0.15) is 0 Å². The molecule has 0 radical (unpaired) electrons.